The summed E-state index contributed by atoms with van der Waals surface area (Å²) in [6.07, 6.45) is 4.50. The van der Waals surface area contributed by atoms with Gasteiger partial charge < -0.3 is 19.9 Å². The fourth-order valence-electron chi connectivity index (χ4n) is 3.33. The first-order valence-corrected chi connectivity index (χ1v) is 9.95. The molecule has 0 bridgehead atoms. The van der Waals surface area contributed by atoms with Crippen molar-refractivity contribution in [2.75, 3.05) is 47.4 Å². The Kier molecular flexibility index (Phi) is 7.45. The predicted molar refractivity (Wildman–Crippen MR) is 113 cm³/mol. The number of guanidine groups is 1. The van der Waals surface area contributed by atoms with Crippen LogP contribution in [0, 0.1) is 0 Å². The van der Waals surface area contributed by atoms with Crippen LogP contribution in [-0.4, -0.2) is 79.2 Å². The molecule has 1 aliphatic rings. The monoisotopic (exact) mass is 384 g/mol. The Morgan fingerprint density at radius 1 is 1.29 bits per heavy atom. The van der Waals surface area contributed by atoms with Crippen LogP contribution in [0.1, 0.15) is 18.7 Å². The van der Waals surface area contributed by atoms with E-state index < -0.39 is 0 Å². The molecule has 2 aromatic rings. The predicted octanol–water partition coefficient (Wildman–Crippen LogP) is 2.19. The number of aromatic nitrogens is 2. The van der Waals surface area contributed by atoms with Gasteiger partial charge in [-0.1, -0.05) is 30.3 Å². The molecule has 0 atom stereocenters. The summed E-state index contributed by atoms with van der Waals surface area (Å²) in [5.74, 6) is 1.80. The minimum absolute atomic E-state index is 0.669. The molecular weight excluding hydrogens is 352 g/mol. The molecule has 0 radical (unpaired) electrons. The van der Waals surface area contributed by atoms with Gasteiger partial charge in [-0.15, -0.1) is 0 Å². The van der Waals surface area contributed by atoms with Gasteiger partial charge in [-0.3, -0.25) is 9.89 Å². The lowest BCUT2D eigenvalue weighted by molar-refractivity contribution is 0.144. The van der Waals surface area contributed by atoms with Crippen LogP contribution in [-0.2, 0) is 11.3 Å². The molecule has 2 N–H and O–H groups in total. The van der Waals surface area contributed by atoms with E-state index in [0.29, 0.717) is 6.54 Å². The Bertz CT molecular complexity index is 740. The van der Waals surface area contributed by atoms with Crippen molar-refractivity contribution in [2.24, 2.45) is 4.99 Å². The molecule has 7 heteroatoms. The number of aromatic amines is 1. The molecule has 0 aliphatic heterocycles. The number of methoxy groups -OCH3 is 1. The normalized spacial score (nSPS) is 14.5. The molecule has 1 saturated carbocycles. The van der Waals surface area contributed by atoms with Gasteiger partial charge in [-0.2, -0.15) is 0 Å². The molecule has 152 valence electrons. The summed E-state index contributed by atoms with van der Waals surface area (Å²) in [7, 11) is 5.61. The van der Waals surface area contributed by atoms with E-state index in [9.17, 15) is 0 Å². The molecule has 3 rings (SSSR count). The fourth-order valence-corrected chi connectivity index (χ4v) is 3.33. The molecule has 7 nitrogen and oxygen atoms in total. The summed E-state index contributed by atoms with van der Waals surface area (Å²) in [6.45, 7) is 4.31. The molecule has 1 heterocycles. The third kappa shape index (κ3) is 5.81. The van der Waals surface area contributed by atoms with Gasteiger partial charge in [0.2, 0.25) is 0 Å². The van der Waals surface area contributed by atoms with Gasteiger partial charge in [0.05, 0.1) is 25.0 Å². The maximum absolute atomic E-state index is 5.23. The first-order chi connectivity index (χ1) is 13.7. The summed E-state index contributed by atoms with van der Waals surface area (Å²) < 4.78 is 5.23. The summed E-state index contributed by atoms with van der Waals surface area (Å²) in [4.78, 5) is 16.9. The molecule has 1 fully saturated rings. The highest BCUT2D eigenvalue weighted by molar-refractivity contribution is 5.79. The van der Waals surface area contributed by atoms with Crippen molar-refractivity contribution in [3.8, 4) is 11.3 Å². The van der Waals surface area contributed by atoms with Crippen LogP contribution < -0.4 is 5.32 Å². The van der Waals surface area contributed by atoms with Gasteiger partial charge in [0.1, 0.15) is 5.82 Å². The Morgan fingerprint density at radius 2 is 2.07 bits per heavy atom. The first kappa shape index (κ1) is 20.4. The highest BCUT2D eigenvalue weighted by Crippen LogP contribution is 2.26. The van der Waals surface area contributed by atoms with Gasteiger partial charge in [0.25, 0.3) is 0 Å². The van der Waals surface area contributed by atoms with Crippen LogP contribution >= 0.6 is 0 Å². The number of hydrogen-bond donors (Lipinski definition) is 2. The van der Waals surface area contributed by atoms with Crippen LogP contribution in [0.2, 0.25) is 0 Å². The van der Waals surface area contributed by atoms with Crippen molar-refractivity contribution in [3.63, 3.8) is 0 Å². The van der Waals surface area contributed by atoms with E-state index in [1.807, 2.05) is 38.5 Å². The summed E-state index contributed by atoms with van der Waals surface area (Å²) >= 11 is 0. The number of benzene rings is 1. The number of nitrogens with one attached hydrogen (secondary N) is 2. The first-order valence-electron chi connectivity index (χ1n) is 9.95. The molecule has 0 unspecified atom stereocenters. The molecule has 1 aromatic carbocycles. The number of aliphatic imine (C=N–C) groups is 1. The summed E-state index contributed by atoms with van der Waals surface area (Å²) in [5, 5.41) is 3.47. The Balaban J connectivity index is 1.48. The zero-order valence-corrected chi connectivity index (χ0v) is 17.2. The van der Waals surface area contributed by atoms with Crippen molar-refractivity contribution in [2.45, 2.75) is 25.4 Å². The van der Waals surface area contributed by atoms with Gasteiger partial charge in [0.15, 0.2) is 5.96 Å². The fraction of sp³-hybridized carbons (Fsp3) is 0.524. The number of hydrogen-bond acceptors (Lipinski definition) is 4. The second-order valence-corrected chi connectivity index (χ2v) is 7.20. The number of rotatable bonds is 10. The zero-order valence-electron chi connectivity index (χ0n) is 17.2. The summed E-state index contributed by atoms with van der Waals surface area (Å²) in [6, 6.07) is 11.0. The lowest BCUT2D eigenvalue weighted by Crippen LogP contribution is -2.43. The smallest absolute Gasteiger partial charge is 0.193 e. The van der Waals surface area contributed by atoms with Crippen LogP contribution in [0.4, 0.5) is 0 Å². The quantitative estimate of drug-likeness (QED) is 0.485. The highest BCUT2D eigenvalue weighted by Gasteiger charge is 2.28. The third-order valence-electron chi connectivity index (χ3n) is 5.00. The van der Waals surface area contributed by atoms with Crippen LogP contribution in [0.5, 0.6) is 0 Å². The van der Waals surface area contributed by atoms with Crippen LogP contribution in [0.3, 0.4) is 0 Å². The van der Waals surface area contributed by atoms with E-state index in [-0.39, 0.29) is 0 Å². The van der Waals surface area contributed by atoms with Crippen molar-refractivity contribution in [1.82, 2.24) is 25.1 Å². The molecule has 1 aromatic heterocycles. The Labute approximate surface area is 167 Å². The second-order valence-electron chi connectivity index (χ2n) is 7.20. The minimum Gasteiger partial charge on any atom is -0.383 e. The Hall–Kier alpha value is -2.38. The molecule has 0 spiro atoms. The van der Waals surface area contributed by atoms with Crippen molar-refractivity contribution >= 4 is 5.96 Å². The molecule has 0 saturated heterocycles. The molecule has 28 heavy (non-hydrogen) atoms. The third-order valence-corrected chi connectivity index (χ3v) is 5.00. The van der Waals surface area contributed by atoms with Crippen molar-refractivity contribution < 1.29 is 4.74 Å². The number of ether oxygens (including phenoxy) is 1. The highest BCUT2D eigenvalue weighted by atomic mass is 16.5. The van der Waals surface area contributed by atoms with E-state index in [4.69, 9.17) is 4.74 Å². The average Bonchev–Trinajstić information content (AvgIpc) is 3.46. The molecule has 1 aliphatic carbocycles. The lowest BCUT2D eigenvalue weighted by Gasteiger charge is -2.25. The van der Waals surface area contributed by atoms with E-state index >= 15 is 0 Å². The van der Waals surface area contributed by atoms with E-state index in [1.54, 1.807) is 7.11 Å². The Morgan fingerprint density at radius 3 is 2.75 bits per heavy atom. The largest absolute Gasteiger partial charge is 0.383 e. The number of H-pyrrole nitrogens is 1. The number of imidazole rings is 1. The van der Waals surface area contributed by atoms with Crippen molar-refractivity contribution in [1.29, 1.82) is 0 Å². The summed E-state index contributed by atoms with van der Waals surface area (Å²) in [5.41, 5.74) is 2.17. The topological polar surface area (TPSA) is 68.8 Å². The van der Waals surface area contributed by atoms with Gasteiger partial charge in [0, 0.05) is 46.9 Å². The van der Waals surface area contributed by atoms with Crippen LogP contribution in [0.15, 0.2) is 41.5 Å². The standard InChI is InChI=1S/C21H32N6O/c1-22-21(23-11-12-27(13-14-28-3)18-9-10-18)26(2)16-20-24-15-19(25-20)17-7-5-4-6-8-17/h4-8,15,18H,9-14,16H2,1-3H3,(H,22,23)(H,24,25). The lowest BCUT2D eigenvalue weighted by atomic mass is 10.2. The van der Waals surface area contributed by atoms with E-state index in [2.05, 4.69) is 42.2 Å². The van der Waals surface area contributed by atoms with E-state index in [0.717, 1.165) is 55.3 Å². The van der Waals surface area contributed by atoms with Gasteiger partial charge >= 0.3 is 0 Å². The minimum atomic E-state index is 0.669. The molecular formula is C21H32N6O. The number of nitrogens with zero attached hydrogens (tertiary/aromatic N) is 4. The van der Waals surface area contributed by atoms with Gasteiger partial charge in [-0.25, -0.2) is 4.98 Å². The van der Waals surface area contributed by atoms with Gasteiger partial charge in [-0.05, 0) is 18.4 Å². The maximum atomic E-state index is 5.23. The second kappa shape index (κ2) is 10.2. The SMILES string of the molecule is CN=C(NCCN(CCOC)C1CC1)N(C)Cc1ncc(-c2ccccc2)[nH]1. The average molecular weight is 385 g/mol. The van der Waals surface area contributed by atoms with Crippen molar-refractivity contribution in [3.05, 3.63) is 42.4 Å². The molecule has 0 amide bonds. The zero-order chi connectivity index (χ0) is 19.8. The van der Waals surface area contributed by atoms with E-state index in [1.165, 1.54) is 12.8 Å². The van der Waals surface area contributed by atoms with Crippen LogP contribution in [0.25, 0.3) is 11.3 Å². The maximum Gasteiger partial charge on any atom is 0.193 e.